The maximum Gasteiger partial charge on any atom is 0.324 e. The minimum Gasteiger partial charge on any atom is -0.456 e. The molecule has 1 saturated heterocycles. The van der Waals surface area contributed by atoms with Crippen LogP contribution in [0.4, 0.5) is 0 Å². The summed E-state index contributed by atoms with van der Waals surface area (Å²) in [6, 6.07) is 9.43. The molecule has 30 heavy (non-hydrogen) atoms. The molecule has 4 rings (SSSR count). The van der Waals surface area contributed by atoms with Gasteiger partial charge >= 0.3 is 5.97 Å². The third-order valence-electron chi connectivity index (χ3n) is 4.94. The Kier molecular flexibility index (Phi) is 5.68. The lowest BCUT2D eigenvalue weighted by Gasteiger charge is -2.22. The Morgan fingerprint density at radius 1 is 1.10 bits per heavy atom. The SMILES string of the molecule is O=C(COC(=O)[C@H]1CCCN1S(=O)(=O)c1ccc(Cl)cc1)c1ccc2c(c1)OCO2. The van der Waals surface area contributed by atoms with Gasteiger partial charge in [0.05, 0.1) is 4.90 Å². The van der Waals surface area contributed by atoms with E-state index in [2.05, 4.69) is 0 Å². The summed E-state index contributed by atoms with van der Waals surface area (Å²) in [6.07, 6.45) is 0.840. The molecule has 2 aromatic rings. The average molecular weight is 452 g/mol. The minimum absolute atomic E-state index is 0.0445. The molecule has 0 unspecified atom stereocenters. The number of fused-ring (bicyclic) bond motifs is 1. The predicted octanol–water partition coefficient (Wildman–Crippen LogP) is 2.65. The van der Waals surface area contributed by atoms with Crippen molar-refractivity contribution in [2.24, 2.45) is 0 Å². The second kappa shape index (κ2) is 8.25. The standard InChI is InChI=1S/C20H18ClNO7S/c21-14-4-6-15(7-5-14)30(25,26)22-9-1-2-16(22)20(24)27-11-17(23)13-3-8-18-19(10-13)29-12-28-18/h3-8,10,16H,1-2,9,11-12H2/t16-/m1/s1. The summed E-state index contributed by atoms with van der Waals surface area (Å²) in [5.74, 6) is -0.188. The zero-order valence-corrected chi connectivity index (χ0v) is 17.3. The first-order valence-corrected chi connectivity index (χ1v) is 11.0. The maximum atomic E-state index is 12.9. The lowest BCUT2D eigenvalue weighted by Crippen LogP contribution is -2.41. The highest BCUT2D eigenvalue weighted by Crippen LogP contribution is 2.32. The third-order valence-corrected chi connectivity index (χ3v) is 7.11. The fraction of sp³-hybridized carbons (Fsp3) is 0.300. The molecular formula is C20H18ClNO7S. The van der Waals surface area contributed by atoms with Gasteiger partial charge in [-0.3, -0.25) is 9.59 Å². The number of ether oxygens (including phenoxy) is 3. The summed E-state index contributed by atoms with van der Waals surface area (Å²) in [5.41, 5.74) is 0.309. The molecule has 0 amide bonds. The van der Waals surface area contributed by atoms with Crippen LogP contribution in [0, 0.1) is 0 Å². The van der Waals surface area contributed by atoms with E-state index < -0.39 is 34.4 Å². The highest BCUT2D eigenvalue weighted by atomic mass is 35.5. The number of halogens is 1. The smallest absolute Gasteiger partial charge is 0.324 e. The molecule has 2 aromatic carbocycles. The Balaban J connectivity index is 1.42. The van der Waals surface area contributed by atoms with Gasteiger partial charge in [-0.15, -0.1) is 0 Å². The summed E-state index contributed by atoms with van der Waals surface area (Å²) in [7, 11) is -3.89. The Morgan fingerprint density at radius 3 is 2.60 bits per heavy atom. The number of nitrogens with zero attached hydrogens (tertiary/aromatic N) is 1. The molecular weight excluding hydrogens is 434 g/mol. The second-order valence-electron chi connectivity index (χ2n) is 6.83. The topological polar surface area (TPSA) is 99.2 Å². The van der Waals surface area contributed by atoms with Crippen molar-refractivity contribution in [2.75, 3.05) is 19.9 Å². The highest BCUT2D eigenvalue weighted by molar-refractivity contribution is 7.89. The van der Waals surface area contributed by atoms with E-state index in [1.807, 2.05) is 0 Å². The molecule has 0 N–H and O–H groups in total. The zero-order chi connectivity index (χ0) is 21.3. The number of carbonyl (C=O) groups is 2. The Hall–Kier alpha value is -2.62. The number of Topliss-reactive ketones (excluding diaryl/α,β-unsaturated/α-hetero) is 1. The van der Waals surface area contributed by atoms with Crippen LogP contribution in [0.15, 0.2) is 47.4 Å². The lowest BCUT2D eigenvalue weighted by molar-refractivity contribution is -0.146. The molecule has 0 aliphatic carbocycles. The fourth-order valence-electron chi connectivity index (χ4n) is 3.39. The van der Waals surface area contributed by atoms with E-state index in [0.29, 0.717) is 34.9 Å². The lowest BCUT2D eigenvalue weighted by atomic mass is 10.1. The van der Waals surface area contributed by atoms with E-state index in [4.69, 9.17) is 25.8 Å². The van der Waals surface area contributed by atoms with Crippen molar-refractivity contribution in [3.05, 3.63) is 53.1 Å². The summed E-state index contributed by atoms with van der Waals surface area (Å²) in [4.78, 5) is 25.0. The van der Waals surface area contributed by atoms with Crippen molar-refractivity contribution in [3.8, 4) is 11.5 Å². The van der Waals surface area contributed by atoms with Gasteiger partial charge in [0.2, 0.25) is 16.8 Å². The quantitative estimate of drug-likeness (QED) is 0.491. The van der Waals surface area contributed by atoms with E-state index in [1.165, 1.54) is 30.3 Å². The number of hydrogen-bond acceptors (Lipinski definition) is 7. The van der Waals surface area contributed by atoms with Gasteiger partial charge in [-0.05, 0) is 55.3 Å². The van der Waals surface area contributed by atoms with Gasteiger partial charge < -0.3 is 14.2 Å². The number of carbonyl (C=O) groups excluding carboxylic acids is 2. The first kappa shape index (κ1) is 20.6. The van der Waals surface area contributed by atoms with Crippen molar-refractivity contribution < 1.29 is 32.2 Å². The predicted molar refractivity (Wildman–Crippen MR) is 106 cm³/mol. The van der Waals surface area contributed by atoms with Crippen LogP contribution in [-0.2, 0) is 19.6 Å². The molecule has 1 fully saturated rings. The van der Waals surface area contributed by atoms with Crippen LogP contribution in [0.3, 0.4) is 0 Å². The van der Waals surface area contributed by atoms with E-state index in [-0.39, 0.29) is 18.2 Å². The molecule has 0 radical (unpaired) electrons. The van der Waals surface area contributed by atoms with Gasteiger partial charge in [-0.2, -0.15) is 4.31 Å². The van der Waals surface area contributed by atoms with E-state index >= 15 is 0 Å². The van der Waals surface area contributed by atoms with Crippen molar-refractivity contribution in [1.29, 1.82) is 0 Å². The number of sulfonamides is 1. The average Bonchev–Trinajstić information content (AvgIpc) is 3.41. The number of esters is 1. The summed E-state index contributed by atoms with van der Waals surface area (Å²) < 4.78 is 42.5. The van der Waals surface area contributed by atoms with Crippen LogP contribution in [0.2, 0.25) is 5.02 Å². The second-order valence-corrected chi connectivity index (χ2v) is 9.15. The Labute approximate surface area is 178 Å². The van der Waals surface area contributed by atoms with Crippen molar-refractivity contribution in [1.82, 2.24) is 4.31 Å². The van der Waals surface area contributed by atoms with Crippen LogP contribution in [0.25, 0.3) is 0 Å². The monoisotopic (exact) mass is 451 g/mol. The van der Waals surface area contributed by atoms with Crippen LogP contribution >= 0.6 is 11.6 Å². The zero-order valence-electron chi connectivity index (χ0n) is 15.7. The molecule has 10 heteroatoms. The van der Waals surface area contributed by atoms with Crippen LogP contribution in [0.1, 0.15) is 23.2 Å². The third kappa shape index (κ3) is 4.00. The van der Waals surface area contributed by atoms with Crippen LogP contribution < -0.4 is 9.47 Å². The Bertz CT molecular complexity index is 1080. The molecule has 158 valence electrons. The molecule has 2 aliphatic rings. The highest BCUT2D eigenvalue weighted by Gasteiger charge is 2.40. The summed E-state index contributed by atoms with van der Waals surface area (Å²) >= 11 is 5.82. The number of rotatable bonds is 6. The van der Waals surface area contributed by atoms with E-state index in [0.717, 1.165) is 4.31 Å². The molecule has 8 nitrogen and oxygen atoms in total. The molecule has 2 heterocycles. The molecule has 0 bridgehead atoms. The van der Waals surface area contributed by atoms with Gasteiger partial charge in [0, 0.05) is 17.1 Å². The summed E-state index contributed by atoms with van der Waals surface area (Å²) in [6.45, 7) is -0.216. The van der Waals surface area contributed by atoms with Crippen LogP contribution in [0.5, 0.6) is 11.5 Å². The van der Waals surface area contributed by atoms with Gasteiger partial charge in [-0.25, -0.2) is 8.42 Å². The molecule has 0 saturated carbocycles. The minimum atomic E-state index is -3.89. The fourth-order valence-corrected chi connectivity index (χ4v) is 5.16. The first-order valence-electron chi connectivity index (χ1n) is 9.23. The largest absolute Gasteiger partial charge is 0.456 e. The van der Waals surface area contributed by atoms with E-state index in [1.54, 1.807) is 12.1 Å². The molecule has 2 aliphatic heterocycles. The van der Waals surface area contributed by atoms with Crippen molar-refractivity contribution >= 4 is 33.4 Å². The van der Waals surface area contributed by atoms with E-state index in [9.17, 15) is 18.0 Å². The number of ketones is 1. The number of benzene rings is 2. The molecule has 0 aromatic heterocycles. The van der Waals surface area contributed by atoms with Crippen molar-refractivity contribution in [2.45, 2.75) is 23.8 Å². The van der Waals surface area contributed by atoms with Gasteiger partial charge in [-0.1, -0.05) is 11.6 Å². The molecule has 1 atom stereocenters. The van der Waals surface area contributed by atoms with Gasteiger partial charge in [0.1, 0.15) is 6.04 Å². The number of hydrogen-bond donors (Lipinski definition) is 0. The molecule has 0 spiro atoms. The maximum absolute atomic E-state index is 12.9. The Morgan fingerprint density at radius 2 is 1.83 bits per heavy atom. The normalized spacial score (nSPS) is 18.4. The van der Waals surface area contributed by atoms with Crippen LogP contribution in [-0.4, -0.2) is 50.5 Å². The summed E-state index contributed by atoms with van der Waals surface area (Å²) in [5, 5.41) is 0.411. The van der Waals surface area contributed by atoms with Crippen molar-refractivity contribution in [3.63, 3.8) is 0 Å². The van der Waals surface area contributed by atoms with Gasteiger partial charge in [0.15, 0.2) is 23.9 Å². The van der Waals surface area contributed by atoms with Gasteiger partial charge in [0.25, 0.3) is 0 Å². The first-order chi connectivity index (χ1) is 14.4.